The van der Waals surface area contributed by atoms with E-state index in [0.29, 0.717) is 34.5 Å². The van der Waals surface area contributed by atoms with Crippen molar-refractivity contribution < 1.29 is 27.8 Å². The van der Waals surface area contributed by atoms with Gasteiger partial charge in [0.25, 0.3) is 0 Å². The highest BCUT2D eigenvalue weighted by Crippen LogP contribution is 2.37. The minimum absolute atomic E-state index is 0. The maximum absolute atomic E-state index is 13.4. The van der Waals surface area contributed by atoms with Gasteiger partial charge in [-0.05, 0) is 63.2 Å². The van der Waals surface area contributed by atoms with E-state index in [0.717, 1.165) is 25.9 Å². The van der Waals surface area contributed by atoms with E-state index in [1.54, 1.807) is 42.8 Å². The zero-order chi connectivity index (χ0) is 24.5. The quantitative estimate of drug-likeness (QED) is 0.445. The first-order valence-corrected chi connectivity index (χ1v) is 13.0. The number of halogens is 1. The van der Waals surface area contributed by atoms with Crippen molar-refractivity contribution >= 4 is 39.1 Å². The maximum Gasteiger partial charge on any atom is 0.340 e. The van der Waals surface area contributed by atoms with Crippen LogP contribution in [0.15, 0.2) is 41.3 Å². The van der Waals surface area contributed by atoms with Crippen LogP contribution in [-0.2, 0) is 33.9 Å². The van der Waals surface area contributed by atoms with E-state index in [1.807, 2.05) is 0 Å². The van der Waals surface area contributed by atoms with Crippen LogP contribution in [0.4, 0.5) is 0 Å². The molecule has 2 aromatic carbocycles. The van der Waals surface area contributed by atoms with Crippen LogP contribution < -0.4 is 4.74 Å². The second kappa shape index (κ2) is 10.9. The number of esters is 1. The van der Waals surface area contributed by atoms with E-state index in [2.05, 4.69) is 4.90 Å². The van der Waals surface area contributed by atoms with Gasteiger partial charge in [0.05, 0.1) is 29.9 Å². The lowest BCUT2D eigenvalue weighted by Gasteiger charge is -2.17. The molecule has 3 aromatic rings. The number of likely N-dealkylation sites (tertiary alicyclic amines) is 1. The number of aromatic hydroxyl groups is 1. The number of rotatable bonds is 8. The fourth-order valence-electron chi connectivity index (χ4n) is 4.61. The molecular formula is C25H31ClN2O6S. The Bertz CT molecular complexity index is 1330. The molecule has 0 atom stereocenters. The number of hydrogen-bond acceptors (Lipinski definition) is 7. The number of hydrogen-bond donors (Lipinski definition) is 1. The first kappa shape index (κ1) is 26.8. The third-order valence-electron chi connectivity index (χ3n) is 6.36. The van der Waals surface area contributed by atoms with E-state index in [1.165, 1.54) is 19.2 Å². The number of phenolic OH excluding ortho intramolecular Hbond substituents is 1. The van der Waals surface area contributed by atoms with Crippen molar-refractivity contribution in [1.29, 1.82) is 0 Å². The van der Waals surface area contributed by atoms with Crippen molar-refractivity contribution in [3.63, 3.8) is 0 Å². The number of phenols is 1. The smallest absolute Gasteiger partial charge is 0.340 e. The average molecular weight is 523 g/mol. The Labute approximate surface area is 211 Å². The summed E-state index contributed by atoms with van der Waals surface area (Å²) in [4.78, 5) is 15.5. The Morgan fingerprint density at radius 2 is 1.86 bits per heavy atom. The summed E-state index contributed by atoms with van der Waals surface area (Å²) in [5.41, 5.74) is 1.80. The predicted octanol–water partition coefficient (Wildman–Crippen LogP) is 4.06. The molecule has 0 amide bonds. The number of nitrogens with zero attached hydrogens (tertiary/aromatic N) is 2. The van der Waals surface area contributed by atoms with Crippen LogP contribution in [0.2, 0.25) is 0 Å². The largest absolute Gasteiger partial charge is 0.508 e. The Hall–Kier alpha value is -2.75. The lowest BCUT2D eigenvalue weighted by atomic mass is 10.0. The molecule has 0 radical (unpaired) electrons. The highest BCUT2D eigenvalue weighted by atomic mass is 35.5. The minimum Gasteiger partial charge on any atom is -0.508 e. The standard InChI is InChI=1S/C25H30N2O6S.ClH/c1-4-33-25(29)24-21(16-34(30,31)18-9-7-8-17(14-18)32-3)26(2)20-10-11-22(28)19(23(20)24)15-27-12-5-6-13-27;/h7-11,14,28H,4-6,12-13,15-16H2,1-3H3;1H. The fraction of sp³-hybridized carbons (Fsp3) is 0.400. The highest BCUT2D eigenvalue weighted by Gasteiger charge is 2.30. The van der Waals surface area contributed by atoms with Crippen LogP contribution in [0, 0.1) is 0 Å². The molecule has 1 aliphatic rings. The summed E-state index contributed by atoms with van der Waals surface area (Å²) >= 11 is 0. The van der Waals surface area contributed by atoms with Crippen molar-refractivity contribution in [2.45, 2.75) is 37.0 Å². The molecule has 1 aliphatic heterocycles. The first-order chi connectivity index (χ1) is 16.3. The number of ether oxygens (including phenoxy) is 2. The van der Waals surface area contributed by atoms with Crippen molar-refractivity contribution in [3.8, 4) is 11.5 Å². The van der Waals surface area contributed by atoms with Gasteiger partial charge in [-0.2, -0.15) is 0 Å². The summed E-state index contributed by atoms with van der Waals surface area (Å²) in [5, 5.41) is 11.3. The summed E-state index contributed by atoms with van der Waals surface area (Å²) in [6.07, 6.45) is 2.17. The molecule has 1 saturated heterocycles. The van der Waals surface area contributed by atoms with Gasteiger partial charge in [-0.15, -0.1) is 12.4 Å². The lowest BCUT2D eigenvalue weighted by Crippen LogP contribution is -2.19. The van der Waals surface area contributed by atoms with E-state index in [9.17, 15) is 18.3 Å². The van der Waals surface area contributed by atoms with Gasteiger partial charge in [0.2, 0.25) is 0 Å². The molecule has 1 N–H and O–H groups in total. The van der Waals surface area contributed by atoms with E-state index in [4.69, 9.17) is 9.47 Å². The van der Waals surface area contributed by atoms with Crippen LogP contribution in [0.1, 0.15) is 41.4 Å². The first-order valence-electron chi connectivity index (χ1n) is 11.3. The molecule has 0 unspecified atom stereocenters. The molecule has 0 saturated carbocycles. The number of fused-ring (bicyclic) bond motifs is 1. The summed E-state index contributed by atoms with van der Waals surface area (Å²) in [7, 11) is -0.605. The number of carbonyl (C=O) groups excluding carboxylic acids is 1. The Morgan fingerprint density at radius 3 is 2.51 bits per heavy atom. The lowest BCUT2D eigenvalue weighted by molar-refractivity contribution is 0.0527. The zero-order valence-corrected chi connectivity index (χ0v) is 21.7. The Morgan fingerprint density at radius 1 is 1.14 bits per heavy atom. The summed E-state index contributed by atoms with van der Waals surface area (Å²) in [5.74, 6) is -0.486. The predicted molar refractivity (Wildman–Crippen MR) is 136 cm³/mol. The summed E-state index contributed by atoms with van der Waals surface area (Å²) < 4.78 is 39.0. The van der Waals surface area contributed by atoms with E-state index in [-0.39, 0.29) is 35.2 Å². The van der Waals surface area contributed by atoms with Crippen LogP contribution in [-0.4, -0.2) is 55.8 Å². The summed E-state index contributed by atoms with van der Waals surface area (Å²) in [6.45, 7) is 4.15. The van der Waals surface area contributed by atoms with Gasteiger partial charge in [0.1, 0.15) is 11.5 Å². The van der Waals surface area contributed by atoms with Gasteiger partial charge in [0, 0.05) is 35.8 Å². The van der Waals surface area contributed by atoms with Gasteiger partial charge in [-0.3, -0.25) is 4.90 Å². The molecule has 1 fully saturated rings. The van der Waals surface area contributed by atoms with Crippen LogP contribution in [0.5, 0.6) is 11.5 Å². The second-order valence-electron chi connectivity index (χ2n) is 8.48. The molecule has 10 heteroatoms. The normalized spacial score (nSPS) is 14.1. The second-order valence-corrected chi connectivity index (χ2v) is 10.5. The number of sulfone groups is 1. The molecule has 190 valence electrons. The van der Waals surface area contributed by atoms with Crippen molar-refractivity contribution in [1.82, 2.24) is 9.47 Å². The number of carbonyl (C=O) groups is 1. The molecular weight excluding hydrogens is 492 g/mol. The number of methoxy groups -OCH3 is 1. The third kappa shape index (κ3) is 5.27. The fourth-order valence-corrected chi connectivity index (χ4v) is 6.06. The van der Waals surface area contributed by atoms with Gasteiger partial charge >= 0.3 is 5.97 Å². The van der Waals surface area contributed by atoms with Crippen LogP contribution >= 0.6 is 12.4 Å². The molecule has 4 rings (SSSR count). The van der Waals surface area contributed by atoms with Gasteiger partial charge in [0.15, 0.2) is 9.84 Å². The Balaban J connectivity index is 0.00000342. The molecule has 2 heterocycles. The molecule has 0 aliphatic carbocycles. The van der Waals surface area contributed by atoms with Gasteiger partial charge in [-0.25, -0.2) is 13.2 Å². The molecule has 35 heavy (non-hydrogen) atoms. The third-order valence-corrected chi connectivity index (χ3v) is 7.98. The molecule has 8 nitrogen and oxygen atoms in total. The number of benzene rings is 2. The topological polar surface area (TPSA) is 98.1 Å². The van der Waals surface area contributed by atoms with Crippen LogP contribution in [0.3, 0.4) is 0 Å². The van der Waals surface area contributed by atoms with E-state index < -0.39 is 21.6 Å². The minimum atomic E-state index is -3.81. The maximum atomic E-state index is 13.4. The number of aryl methyl sites for hydroxylation is 1. The molecule has 0 spiro atoms. The number of aromatic nitrogens is 1. The highest BCUT2D eigenvalue weighted by molar-refractivity contribution is 7.90. The zero-order valence-electron chi connectivity index (χ0n) is 20.1. The summed E-state index contributed by atoms with van der Waals surface area (Å²) in [6, 6.07) is 9.58. The van der Waals surface area contributed by atoms with Crippen LogP contribution in [0.25, 0.3) is 10.9 Å². The molecule has 1 aromatic heterocycles. The van der Waals surface area contributed by atoms with Gasteiger partial charge < -0.3 is 19.1 Å². The SMILES string of the molecule is CCOC(=O)c1c(CS(=O)(=O)c2cccc(OC)c2)n(C)c2ccc(O)c(CN3CCCC3)c12.Cl. The van der Waals surface area contributed by atoms with Crippen molar-refractivity contribution in [2.24, 2.45) is 7.05 Å². The van der Waals surface area contributed by atoms with E-state index >= 15 is 0 Å². The van der Waals surface area contributed by atoms with Crippen molar-refractivity contribution in [3.05, 3.63) is 53.2 Å². The van der Waals surface area contributed by atoms with Gasteiger partial charge in [-0.1, -0.05) is 6.07 Å². The van der Waals surface area contributed by atoms with Crippen molar-refractivity contribution in [2.75, 3.05) is 26.8 Å². The molecule has 0 bridgehead atoms. The monoisotopic (exact) mass is 522 g/mol. The Kier molecular flexibility index (Phi) is 8.35. The average Bonchev–Trinajstić information content (AvgIpc) is 3.42.